The third-order valence-electron chi connectivity index (χ3n) is 5.38. The smallest absolute Gasteiger partial charge is 0.338 e. The Balaban J connectivity index is 1.40. The van der Waals surface area contributed by atoms with Gasteiger partial charge in [-0.3, -0.25) is 4.57 Å². The Bertz CT molecular complexity index is 1070. The average molecular weight is 392 g/mol. The number of aliphatic hydroxyl groups excluding tert-OH is 1. The maximum absolute atomic E-state index is 11.7. The lowest BCUT2D eigenvalue weighted by atomic mass is 9.95. The summed E-state index contributed by atoms with van der Waals surface area (Å²) < 4.78 is 6.98. The van der Waals surface area contributed by atoms with E-state index in [0.29, 0.717) is 18.7 Å². The van der Waals surface area contributed by atoms with Gasteiger partial charge in [0.25, 0.3) is 0 Å². The molecule has 2 N–H and O–H groups in total. The molecular formula is C22H24N4O3. The highest BCUT2D eigenvalue weighted by atomic mass is 16.5. The first-order valence-electron chi connectivity index (χ1n) is 9.60. The fraction of sp³-hybridized carbons (Fsp3) is 0.318. The van der Waals surface area contributed by atoms with Crippen molar-refractivity contribution >= 4 is 5.97 Å². The zero-order valence-corrected chi connectivity index (χ0v) is 16.8. The fourth-order valence-electron chi connectivity index (χ4n) is 3.64. The number of carbonyl (C=O) groups is 1. The van der Waals surface area contributed by atoms with Crippen molar-refractivity contribution in [2.24, 2.45) is 0 Å². The number of pyridine rings is 1. The van der Waals surface area contributed by atoms with Crippen LogP contribution in [0.2, 0.25) is 0 Å². The molecule has 4 rings (SSSR count). The van der Waals surface area contributed by atoms with Crippen LogP contribution in [0.25, 0.3) is 5.82 Å². The van der Waals surface area contributed by atoms with E-state index in [0.717, 1.165) is 39.5 Å². The molecule has 1 aliphatic heterocycles. The highest BCUT2D eigenvalue weighted by Crippen LogP contribution is 2.28. The molecular weight excluding hydrogens is 368 g/mol. The number of cyclic esters (lactones) is 1. The Morgan fingerprint density at radius 2 is 2.07 bits per heavy atom. The van der Waals surface area contributed by atoms with E-state index in [1.165, 1.54) is 0 Å². The molecule has 0 aliphatic carbocycles. The minimum atomic E-state index is -0.669. The number of imidazole rings is 1. The van der Waals surface area contributed by atoms with Gasteiger partial charge in [0, 0.05) is 30.5 Å². The third kappa shape index (κ3) is 3.79. The number of ether oxygens (including phenoxy) is 1. The van der Waals surface area contributed by atoms with Crippen LogP contribution in [0.1, 0.15) is 50.1 Å². The van der Waals surface area contributed by atoms with Crippen molar-refractivity contribution < 1.29 is 14.6 Å². The number of benzene rings is 1. The van der Waals surface area contributed by atoms with E-state index in [4.69, 9.17) is 4.74 Å². The van der Waals surface area contributed by atoms with Crippen LogP contribution >= 0.6 is 0 Å². The summed E-state index contributed by atoms with van der Waals surface area (Å²) in [6.07, 6.45) is 3.02. The molecule has 0 amide bonds. The molecule has 1 atom stereocenters. The molecule has 0 radical (unpaired) electrons. The van der Waals surface area contributed by atoms with Gasteiger partial charge in [0.2, 0.25) is 0 Å². The van der Waals surface area contributed by atoms with E-state index < -0.39 is 6.10 Å². The number of aliphatic hydroxyl groups is 1. The average Bonchev–Trinajstić information content (AvgIpc) is 3.30. The van der Waals surface area contributed by atoms with Gasteiger partial charge in [0.1, 0.15) is 18.8 Å². The SMILES string of the molecule is Cc1cn(-c2ccc(CNC[C@H](O)c3ccc4c(c3C)COC4=O)c(C)n2)cn1. The summed E-state index contributed by atoms with van der Waals surface area (Å²) in [5.74, 6) is 0.539. The van der Waals surface area contributed by atoms with Crippen molar-refractivity contribution in [3.8, 4) is 5.82 Å². The van der Waals surface area contributed by atoms with Gasteiger partial charge >= 0.3 is 5.97 Å². The minimum Gasteiger partial charge on any atom is -0.457 e. The minimum absolute atomic E-state index is 0.279. The van der Waals surface area contributed by atoms with Crippen LogP contribution in [0.3, 0.4) is 0 Å². The van der Waals surface area contributed by atoms with Gasteiger partial charge in [0.05, 0.1) is 17.4 Å². The largest absolute Gasteiger partial charge is 0.457 e. The van der Waals surface area contributed by atoms with Crippen LogP contribution in [0.4, 0.5) is 0 Å². The first-order valence-corrected chi connectivity index (χ1v) is 9.60. The van der Waals surface area contributed by atoms with E-state index in [2.05, 4.69) is 15.3 Å². The Hall–Kier alpha value is -3.03. The second-order valence-electron chi connectivity index (χ2n) is 7.37. The van der Waals surface area contributed by atoms with E-state index in [-0.39, 0.29) is 12.6 Å². The highest BCUT2D eigenvalue weighted by molar-refractivity contribution is 5.93. The molecule has 0 spiro atoms. The van der Waals surface area contributed by atoms with E-state index in [1.54, 1.807) is 12.4 Å². The molecule has 7 nitrogen and oxygen atoms in total. The van der Waals surface area contributed by atoms with Crippen molar-refractivity contribution in [3.63, 3.8) is 0 Å². The Morgan fingerprint density at radius 1 is 1.24 bits per heavy atom. The zero-order chi connectivity index (χ0) is 20.5. The molecule has 29 heavy (non-hydrogen) atoms. The maximum atomic E-state index is 11.7. The van der Waals surface area contributed by atoms with Gasteiger partial charge in [0.15, 0.2) is 0 Å². The van der Waals surface area contributed by atoms with Gasteiger partial charge < -0.3 is 15.2 Å². The first kappa shape index (κ1) is 19.3. The number of fused-ring (bicyclic) bond motifs is 1. The topological polar surface area (TPSA) is 89.3 Å². The van der Waals surface area contributed by atoms with Crippen LogP contribution in [0.5, 0.6) is 0 Å². The standard InChI is InChI=1S/C22H24N4O3/c1-13-10-26(12-24-13)21-7-4-16(15(3)25-21)8-23-9-20(27)17-5-6-18-19(14(17)2)11-29-22(18)28/h4-7,10,12,20,23,27H,8-9,11H2,1-3H3/t20-/m0/s1. The number of rotatable bonds is 6. The molecule has 0 bridgehead atoms. The molecule has 2 aromatic heterocycles. The van der Waals surface area contributed by atoms with Crippen molar-refractivity contribution in [1.29, 1.82) is 0 Å². The van der Waals surface area contributed by atoms with Crippen LogP contribution < -0.4 is 5.32 Å². The molecule has 3 heterocycles. The Kier molecular flexibility index (Phi) is 5.17. The van der Waals surface area contributed by atoms with Gasteiger partial charge in [-0.1, -0.05) is 12.1 Å². The summed E-state index contributed by atoms with van der Waals surface area (Å²) in [5.41, 5.74) is 6.15. The number of aryl methyl sites for hydroxylation is 2. The Labute approximate surface area is 169 Å². The van der Waals surface area contributed by atoms with Gasteiger partial charge in [-0.05, 0) is 49.6 Å². The summed E-state index contributed by atoms with van der Waals surface area (Å²) in [5, 5.41) is 13.9. The summed E-state index contributed by atoms with van der Waals surface area (Å²) in [6.45, 7) is 7.12. The van der Waals surface area contributed by atoms with E-state index >= 15 is 0 Å². The highest BCUT2D eigenvalue weighted by Gasteiger charge is 2.25. The van der Waals surface area contributed by atoms with Gasteiger partial charge in [-0.25, -0.2) is 14.8 Å². The summed E-state index contributed by atoms with van der Waals surface area (Å²) >= 11 is 0. The van der Waals surface area contributed by atoms with Gasteiger partial charge in [-0.2, -0.15) is 0 Å². The van der Waals surface area contributed by atoms with E-state index in [1.807, 2.05) is 49.7 Å². The maximum Gasteiger partial charge on any atom is 0.338 e. The summed E-state index contributed by atoms with van der Waals surface area (Å²) in [4.78, 5) is 20.5. The molecule has 0 saturated heterocycles. The number of hydrogen-bond acceptors (Lipinski definition) is 6. The first-order chi connectivity index (χ1) is 13.9. The summed E-state index contributed by atoms with van der Waals surface area (Å²) in [7, 11) is 0. The lowest BCUT2D eigenvalue weighted by Crippen LogP contribution is -2.22. The van der Waals surface area contributed by atoms with Gasteiger partial charge in [-0.15, -0.1) is 0 Å². The Morgan fingerprint density at radius 3 is 2.79 bits per heavy atom. The van der Waals surface area contributed by atoms with Crippen molar-refractivity contribution in [2.75, 3.05) is 6.54 Å². The number of esters is 1. The van der Waals surface area contributed by atoms with Crippen molar-refractivity contribution in [3.05, 3.63) is 76.0 Å². The molecule has 1 aromatic carbocycles. The second-order valence-corrected chi connectivity index (χ2v) is 7.37. The third-order valence-corrected chi connectivity index (χ3v) is 5.38. The van der Waals surface area contributed by atoms with Crippen LogP contribution in [-0.4, -0.2) is 32.2 Å². The number of hydrogen-bond donors (Lipinski definition) is 2. The summed E-state index contributed by atoms with van der Waals surface area (Å²) in [6, 6.07) is 7.54. The van der Waals surface area contributed by atoms with Crippen molar-refractivity contribution in [2.45, 2.75) is 40.0 Å². The molecule has 3 aromatic rings. The zero-order valence-electron chi connectivity index (χ0n) is 16.8. The monoisotopic (exact) mass is 392 g/mol. The second kappa shape index (κ2) is 7.77. The number of carbonyl (C=O) groups excluding carboxylic acids is 1. The lowest BCUT2D eigenvalue weighted by molar-refractivity contribution is 0.0535. The van der Waals surface area contributed by atoms with Crippen LogP contribution in [0, 0.1) is 20.8 Å². The number of aromatic nitrogens is 3. The molecule has 0 saturated carbocycles. The molecule has 150 valence electrons. The number of nitrogens with zero attached hydrogens (tertiary/aromatic N) is 3. The lowest BCUT2D eigenvalue weighted by Gasteiger charge is -2.17. The van der Waals surface area contributed by atoms with E-state index in [9.17, 15) is 9.90 Å². The molecule has 1 aliphatic rings. The predicted octanol–water partition coefficient (Wildman–Crippen LogP) is 2.69. The van der Waals surface area contributed by atoms with Crippen LogP contribution in [-0.2, 0) is 17.9 Å². The fourth-order valence-corrected chi connectivity index (χ4v) is 3.64. The predicted molar refractivity (Wildman–Crippen MR) is 108 cm³/mol. The number of nitrogens with one attached hydrogen (secondary N) is 1. The molecule has 0 unspecified atom stereocenters. The van der Waals surface area contributed by atoms with Crippen molar-refractivity contribution in [1.82, 2.24) is 19.9 Å². The normalized spacial score (nSPS) is 14.0. The van der Waals surface area contributed by atoms with Crippen LogP contribution in [0.15, 0.2) is 36.8 Å². The quantitative estimate of drug-likeness (QED) is 0.627. The molecule has 0 fully saturated rings. The molecule has 7 heteroatoms.